The normalized spacial score (nSPS) is 34.0. The molecule has 2 nitrogen and oxygen atoms in total. The van der Waals surface area contributed by atoms with Crippen molar-refractivity contribution in [3.05, 3.63) is 0 Å². The van der Waals surface area contributed by atoms with Gasteiger partial charge in [0.2, 0.25) is 0 Å². The van der Waals surface area contributed by atoms with Crippen molar-refractivity contribution in [2.75, 3.05) is 19.6 Å². The first-order valence-electron chi connectivity index (χ1n) is 9.23. The Bertz CT molecular complexity index is 266. The van der Waals surface area contributed by atoms with Crippen molar-refractivity contribution in [3.63, 3.8) is 0 Å². The number of hydrogen-bond donors (Lipinski definition) is 1. The molecular formula is C18H36N2. The third kappa shape index (κ3) is 4.21. The van der Waals surface area contributed by atoms with E-state index in [-0.39, 0.29) is 0 Å². The fraction of sp³-hybridized carbons (Fsp3) is 1.00. The van der Waals surface area contributed by atoms with Gasteiger partial charge in [-0.05, 0) is 64.0 Å². The van der Waals surface area contributed by atoms with Crippen LogP contribution in [0.4, 0.5) is 0 Å². The molecule has 1 aliphatic heterocycles. The summed E-state index contributed by atoms with van der Waals surface area (Å²) in [6.07, 6.45) is 11.4. The van der Waals surface area contributed by atoms with Crippen LogP contribution in [0.5, 0.6) is 0 Å². The van der Waals surface area contributed by atoms with Gasteiger partial charge in [-0.15, -0.1) is 0 Å². The molecule has 4 atom stereocenters. The second-order valence-corrected chi connectivity index (χ2v) is 7.16. The van der Waals surface area contributed by atoms with E-state index in [1.165, 1.54) is 71.0 Å². The lowest BCUT2D eigenvalue weighted by atomic mass is 9.80. The predicted molar refractivity (Wildman–Crippen MR) is 88.1 cm³/mol. The maximum atomic E-state index is 3.72. The molecule has 1 N–H and O–H groups in total. The molecule has 20 heavy (non-hydrogen) atoms. The van der Waals surface area contributed by atoms with Crippen LogP contribution in [0.2, 0.25) is 0 Å². The minimum Gasteiger partial charge on any atom is -0.314 e. The zero-order valence-corrected chi connectivity index (χ0v) is 14.0. The van der Waals surface area contributed by atoms with E-state index in [1.807, 2.05) is 0 Å². The summed E-state index contributed by atoms with van der Waals surface area (Å²) < 4.78 is 0. The first kappa shape index (κ1) is 16.3. The molecule has 0 bridgehead atoms. The number of piperidine rings is 1. The smallest absolute Gasteiger partial charge is 0.0123 e. The van der Waals surface area contributed by atoms with E-state index in [4.69, 9.17) is 0 Å². The Hall–Kier alpha value is -0.0800. The second-order valence-electron chi connectivity index (χ2n) is 7.16. The van der Waals surface area contributed by atoms with Crippen molar-refractivity contribution in [2.24, 2.45) is 11.8 Å². The summed E-state index contributed by atoms with van der Waals surface area (Å²) in [5, 5.41) is 3.72. The summed E-state index contributed by atoms with van der Waals surface area (Å²) in [7, 11) is 0. The third-order valence-electron chi connectivity index (χ3n) is 5.78. The van der Waals surface area contributed by atoms with Gasteiger partial charge in [-0.25, -0.2) is 0 Å². The van der Waals surface area contributed by atoms with Gasteiger partial charge in [0.05, 0.1) is 0 Å². The first-order chi connectivity index (χ1) is 9.76. The van der Waals surface area contributed by atoms with Crippen molar-refractivity contribution in [1.29, 1.82) is 0 Å². The molecule has 0 spiro atoms. The van der Waals surface area contributed by atoms with Crippen LogP contribution < -0.4 is 5.32 Å². The van der Waals surface area contributed by atoms with Crippen molar-refractivity contribution >= 4 is 0 Å². The largest absolute Gasteiger partial charge is 0.314 e. The number of hydrogen-bond acceptors (Lipinski definition) is 2. The van der Waals surface area contributed by atoms with Gasteiger partial charge in [-0.1, -0.05) is 33.1 Å². The number of rotatable bonds is 6. The highest BCUT2D eigenvalue weighted by Gasteiger charge is 2.33. The SMILES string of the molecule is CCCNC(C)C1CCCN(C2CCCCC2CC)C1. The van der Waals surface area contributed by atoms with Crippen LogP contribution in [0.1, 0.15) is 72.1 Å². The van der Waals surface area contributed by atoms with Gasteiger partial charge >= 0.3 is 0 Å². The Morgan fingerprint density at radius 1 is 1.10 bits per heavy atom. The summed E-state index contributed by atoms with van der Waals surface area (Å²) >= 11 is 0. The Balaban J connectivity index is 1.88. The summed E-state index contributed by atoms with van der Waals surface area (Å²) in [4.78, 5) is 2.87. The molecule has 2 heteroatoms. The standard InChI is InChI=1S/C18H36N2/c1-4-12-19-15(3)17-10-8-13-20(14-17)18-11-7-6-9-16(18)5-2/h15-19H,4-14H2,1-3H3. The van der Waals surface area contributed by atoms with E-state index in [0.29, 0.717) is 6.04 Å². The topological polar surface area (TPSA) is 15.3 Å². The average Bonchev–Trinajstić information content (AvgIpc) is 2.52. The molecule has 0 amide bonds. The molecule has 1 aliphatic carbocycles. The Morgan fingerprint density at radius 3 is 2.65 bits per heavy atom. The van der Waals surface area contributed by atoms with Gasteiger partial charge in [0.15, 0.2) is 0 Å². The summed E-state index contributed by atoms with van der Waals surface area (Å²) in [6.45, 7) is 11.0. The molecule has 0 radical (unpaired) electrons. The monoisotopic (exact) mass is 280 g/mol. The summed E-state index contributed by atoms with van der Waals surface area (Å²) in [5.41, 5.74) is 0. The lowest BCUT2D eigenvalue weighted by molar-refractivity contribution is 0.0518. The fourth-order valence-electron chi connectivity index (χ4n) is 4.43. The first-order valence-corrected chi connectivity index (χ1v) is 9.23. The van der Waals surface area contributed by atoms with Crippen LogP contribution in [0.3, 0.4) is 0 Å². The van der Waals surface area contributed by atoms with Crippen LogP contribution in [-0.2, 0) is 0 Å². The van der Waals surface area contributed by atoms with Crippen LogP contribution in [0.15, 0.2) is 0 Å². The van der Waals surface area contributed by atoms with E-state index in [9.17, 15) is 0 Å². The minimum absolute atomic E-state index is 0.696. The van der Waals surface area contributed by atoms with Crippen LogP contribution >= 0.6 is 0 Å². The molecule has 0 aromatic heterocycles. The van der Waals surface area contributed by atoms with Crippen molar-refractivity contribution in [1.82, 2.24) is 10.2 Å². The van der Waals surface area contributed by atoms with E-state index in [2.05, 4.69) is 31.0 Å². The lowest BCUT2D eigenvalue weighted by Crippen LogP contribution is -2.51. The molecule has 118 valence electrons. The van der Waals surface area contributed by atoms with Crippen molar-refractivity contribution in [2.45, 2.75) is 84.2 Å². The van der Waals surface area contributed by atoms with Gasteiger partial charge in [0.1, 0.15) is 0 Å². The van der Waals surface area contributed by atoms with Crippen LogP contribution in [0, 0.1) is 11.8 Å². The molecule has 0 aromatic rings. The number of likely N-dealkylation sites (tertiary alicyclic amines) is 1. The Morgan fingerprint density at radius 2 is 1.90 bits per heavy atom. The number of nitrogens with one attached hydrogen (secondary N) is 1. The molecule has 2 fully saturated rings. The minimum atomic E-state index is 0.696. The van der Waals surface area contributed by atoms with E-state index >= 15 is 0 Å². The van der Waals surface area contributed by atoms with E-state index in [1.54, 1.807) is 0 Å². The van der Waals surface area contributed by atoms with Crippen molar-refractivity contribution in [3.8, 4) is 0 Å². The molecular weight excluding hydrogens is 244 g/mol. The fourth-order valence-corrected chi connectivity index (χ4v) is 4.43. The maximum absolute atomic E-state index is 3.72. The molecule has 1 saturated carbocycles. The lowest BCUT2D eigenvalue weighted by Gasteiger charge is -2.45. The van der Waals surface area contributed by atoms with Gasteiger partial charge in [0.25, 0.3) is 0 Å². The summed E-state index contributed by atoms with van der Waals surface area (Å²) in [5.74, 6) is 1.84. The third-order valence-corrected chi connectivity index (χ3v) is 5.78. The predicted octanol–water partition coefficient (Wildman–Crippen LogP) is 4.06. The van der Waals surface area contributed by atoms with Gasteiger partial charge in [0, 0.05) is 18.6 Å². The van der Waals surface area contributed by atoms with E-state index < -0.39 is 0 Å². The molecule has 4 unspecified atom stereocenters. The zero-order chi connectivity index (χ0) is 14.4. The quantitative estimate of drug-likeness (QED) is 0.789. The molecule has 1 heterocycles. The maximum Gasteiger partial charge on any atom is 0.0123 e. The Kier molecular flexibility index (Phi) is 6.83. The van der Waals surface area contributed by atoms with Crippen molar-refractivity contribution < 1.29 is 0 Å². The van der Waals surface area contributed by atoms with Gasteiger partial charge in [-0.2, -0.15) is 0 Å². The summed E-state index contributed by atoms with van der Waals surface area (Å²) in [6, 6.07) is 1.59. The molecule has 0 aromatic carbocycles. The highest BCUT2D eigenvalue weighted by Crippen LogP contribution is 2.33. The highest BCUT2D eigenvalue weighted by molar-refractivity contribution is 4.88. The van der Waals surface area contributed by atoms with E-state index in [0.717, 1.165) is 17.9 Å². The average molecular weight is 280 g/mol. The van der Waals surface area contributed by atoms with Crippen LogP contribution in [-0.4, -0.2) is 36.6 Å². The zero-order valence-electron chi connectivity index (χ0n) is 14.0. The molecule has 2 rings (SSSR count). The molecule has 2 aliphatic rings. The highest BCUT2D eigenvalue weighted by atomic mass is 15.2. The second kappa shape index (κ2) is 8.38. The Labute approximate surface area is 126 Å². The molecule has 1 saturated heterocycles. The van der Waals surface area contributed by atoms with Gasteiger partial charge < -0.3 is 5.32 Å². The van der Waals surface area contributed by atoms with Crippen LogP contribution in [0.25, 0.3) is 0 Å². The number of nitrogens with zero attached hydrogens (tertiary/aromatic N) is 1. The van der Waals surface area contributed by atoms with Gasteiger partial charge in [-0.3, -0.25) is 4.90 Å².